The van der Waals surface area contributed by atoms with Crippen molar-refractivity contribution in [3.63, 3.8) is 0 Å². The summed E-state index contributed by atoms with van der Waals surface area (Å²) in [7, 11) is 2.07. The van der Waals surface area contributed by atoms with E-state index in [4.69, 9.17) is 17.3 Å². The molecule has 1 heterocycles. The highest BCUT2D eigenvalue weighted by atomic mass is 35.5. The Labute approximate surface area is 101 Å². The molecule has 3 heteroatoms. The lowest BCUT2D eigenvalue weighted by atomic mass is 10.1. The van der Waals surface area contributed by atoms with Gasteiger partial charge in [0.05, 0.1) is 10.5 Å². The molecule has 1 aromatic carbocycles. The summed E-state index contributed by atoms with van der Waals surface area (Å²) in [5.41, 5.74) is 9.36. The van der Waals surface area contributed by atoms with E-state index in [1.54, 1.807) is 0 Å². The molecule has 0 bridgehead atoms. The van der Waals surface area contributed by atoms with E-state index in [1.165, 1.54) is 22.0 Å². The number of halogens is 1. The van der Waals surface area contributed by atoms with Crippen LogP contribution in [0.15, 0.2) is 18.3 Å². The normalized spacial score (nSPS) is 11.2. The highest BCUT2D eigenvalue weighted by Gasteiger charge is 2.11. The minimum Gasteiger partial charge on any atom is -0.350 e. The standard InChI is InChI=1S/C13H17ClN2/c1-9-5-6-11(14)12-10(4-3-7-15)8-16(2)13(9)12/h5-6,8H,3-4,7,15H2,1-2H3. The summed E-state index contributed by atoms with van der Waals surface area (Å²) in [5.74, 6) is 0. The molecule has 2 nitrogen and oxygen atoms in total. The fraction of sp³-hybridized carbons (Fsp3) is 0.385. The maximum absolute atomic E-state index is 6.28. The molecule has 0 saturated carbocycles. The highest BCUT2D eigenvalue weighted by molar-refractivity contribution is 6.35. The van der Waals surface area contributed by atoms with Crippen molar-refractivity contribution in [2.75, 3.05) is 6.54 Å². The average Bonchev–Trinajstić information content (AvgIpc) is 2.59. The van der Waals surface area contributed by atoms with E-state index >= 15 is 0 Å². The Morgan fingerprint density at radius 3 is 2.81 bits per heavy atom. The molecule has 1 aromatic heterocycles. The molecule has 0 radical (unpaired) electrons. The Balaban J connectivity index is 2.63. The summed E-state index contributed by atoms with van der Waals surface area (Å²) >= 11 is 6.28. The lowest BCUT2D eigenvalue weighted by molar-refractivity contribution is 0.830. The van der Waals surface area contributed by atoms with E-state index in [1.807, 2.05) is 6.07 Å². The molecule has 2 aromatic rings. The number of hydrogen-bond donors (Lipinski definition) is 1. The lowest BCUT2D eigenvalue weighted by Crippen LogP contribution is -1.99. The number of hydrogen-bond acceptors (Lipinski definition) is 1. The minimum absolute atomic E-state index is 0.722. The van der Waals surface area contributed by atoms with E-state index in [0.717, 1.165) is 24.4 Å². The van der Waals surface area contributed by atoms with Crippen LogP contribution in [0, 0.1) is 6.92 Å². The molecule has 0 amide bonds. The fourth-order valence-corrected chi connectivity index (χ4v) is 2.55. The first-order valence-electron chi connectivity index (χ1n) is 5.58. The predicted octanol–water partition coefficient (Wildman–Crippen LogP) is 3.03. The largest absolute Gasteiger partial charge is 0.350 e. The van der Waals surface area contributed by atoms with E-state index in [9.17, 15) is 0 Å². The predicted molar refractivity (Wildman–Crippen MR) is 70.0 cm³/mol. The second kappa shape index (κ2) is 4.48. The zero-order chi connectivity index (χ0) is 11.7. The number of benzene rings is 1. The van der Waals surface area contributed by atoms with Crippen LogP contribution in [0.4, 0.5) is 0 Å². The third-order valence-electron chi connectivity index (χ3n) is 3.00. The van der Waals surface area contributed by atoms with Crippen LogP contribution >= 0.6 is 11.6 Å². The first-order valence-corrected chi connectivity index (χ1v) is 5.96. The summed E-state index contributed by atoms with van der Waals surface area (Å²) in [5, 5.41) is 2.03. The lowest BCUT2D eigenvalue weighted by Gasteiger charge is -2.03. The van der Waals surface area contributed by atoms with Crippen molar-refractivity contribution in [2.45, 2.75) is 19.8 Å². The molecule has 2 rings (SSSR count). The first-order chi connectivity index (χ1) is 7.65. The van der Waals surface area contributed by atoms with E-state index < -0.39 is 0 Å². The highest BCUT2D eigenvalue weighted by Crippen LogP contribution is 2.31. The fourth-order valence-electron chi connectivity index (χ4n) is 2.28. The van der Waals surface area contributed by atoms with Crippen LogP contribution in [0.5, 0.6) is 0 Å². The van der Waals surface area contributed by atoms with Crippen LogP contribution < -0.4 is 5.73 Å². The Bertz CT molecular complexity index is 514. The molecular weight excluding hydrogens is 220 g/mol. The van der Waals surface area contributed by atoms with Gasteiger partial charge in [-0.15, -0.1) is 0 Å². The Morgan fingerprint density at radius 1 is 1.38 bits per heavy atom. The summed E-state index contributed by atoms with van der Waals surface area (Å²) in [6, 6.07) is 4.04. The number of aryl methyl sites for hydroxylation is 3. The molecule has 0 spiro atoms. The van der Waals surface area contributed by atoms with Gasteiger partial charge < -0.3 is 10.3 Å². The maximum atomic E-state index is 6.28. The molecule has 0 unspecified atom stereocenters. The van der Waals surface area contributed by atoms with Gasteiger partial charge in [0.15, 0.2) is 0 Å². The molecule has 86 valence electrons. The molecule has 0 fully saturated rings. The van der Waals surface area contributed by atoms with Crippen molar-refractivity contribution in [1.82, 2.24) is 4.57 Å². The number of nitrogens with two attached hydrogens (primary N) is 1. The molecule has 0 aliphatic carbocycles. The second-order valence-corrected chi connectivity index (χ2v) is 4.65. The number of rotatable bonds is 3. The van der Waals surface area contributed by atoms with Crippen LogP contribution in [-0.2, 0) is 13.5 Å². The summed E-state index contributed by atoms with van der Waals surface area (Å²) < 4.78 is 2.16. The zero-order valence-electron chi connectivity index (χ0n) is 9.76. The van der Waals surface area contributed by atoms with Gasteiger partial charge in [-0.2, -0.15) is 0 Å². The quantitative estimate of drug-likeness (QED) is 0.873. The number of aromatic nitrogens is 1. The van der Waals surface area contributed by atoms with E-state index in [0.29, 0.717) is 0 Å². The van der Waals surface area contributed by atoms with Crippen molar-refractivity contribution < 1.29 is 0 Å². The molecule has 2 N–H and O–H groups in total. The van der Waals surface area contributed by atoms with Gasteiger partial charge in [-0.3, -0.25) is 0 Å². The van der Waals surface area contributed by atoms with Gasteiger partial charge in [-0.1, -0.05) is 17.7 Å². The van der Waals surface area contributed by atoms with Gasteiger partial charge in [0.2, 0.25) is 0 Å². The number of nitrogens with zero attached hydrogens (tertiary/aromatic N) is 1. The van der Waals surface area contributed by atoms with Crippen LogP contribution in [0.3, 0.4) is 0 Å². The molecule has 0 aliphatic rings. The van der Waals surface area contributed by atoms with Crippen LogP contribution in [-0.4, -0.2) is 11.1 Å². The van der Waals surface area contributed by atoms with Gasteiger partial charge >= 0.3 is 0 Å². The van der Waals surface area contributed by atoms with E-state index in [2.05, 4.69) is 30.8 Å². The molecule has 0 saturated heterocycles. The summed E-state index contributed by atoms with van der Waals surface area (Å²) in [6.07, 6.45) is 4.17. The average molecular weight is 237 g/mol. The Kier molecular flexibility index (Phi) is 3.22. The monoisotopic (exact) mass is 236 g/mol. The van der Waals surface area contributed by atoms with Gasteiger partial charge in [0.25, 0.3) is 0 Å². The second-order valence-electron chi connectivity index (χ2n) is 4.25. The van der Waals surface area contributed by atoms with Crippen LogP contribution in [0.25, 0.3) is 10.9 Å². The zero-order valence-corrected chi connectivity index (χ0v) is 10.5. The SMILES string of the molecule is Cc1ccc(Cl)c2c(CCCN)cn(C)c12. The molecular formula is C13H17ClN2. The third kappa shape index (κ3) is 1.83. The molecule has 0 aliphatic heterocycles. The number of fused-ring (bicyclic) bond motifs is 1. The van der Waals surface area contributed by atoms with Crippen molar-refractivity contribution in [3.05, 3.63) is 34.5 Å². The van der Waals surface area contributed by atoms with E-state index in [-0.39, 0.29) is 0 Å². The Morgan fingerprint density at radius 2 is 2.12 bits per heavy atom. The Hall–Kier alpha value is -0.990. The van der Waals surface area contributed by atoms with Crippen molar-refractivity contribution in [3.8, 4) is 0 Å². The third-order valence-corrected chi connectivity index (χ3v) is 3.32. The summed E-state index contributed by atoms with van der Waals surface area (Å²) in [6.45, 7) is 2.84. The van der Waals surface area contributed by atoms with Gasteiger partial charge in [0, 0.05) is 18.6 Å². The summed E-state index contributed by atoms with van der Waals surface area (Å²) in [4.78, 5) is 0. The smallest absolute Gasteiger partial charge is 0.0525 e. The topological polar surface area (TPSA) is 30.9 Å². The van der Waals surface area contributed by atoms with Crippen molar-refractivity contribution in [2.24, 2.45) is 12.8 Å². The van der Waals surface area contributed by atoms with Crippen LogP contribution in [0.2, 0.25) is 5.02 Å². The van der Waals surface area contributed by atoms with Crippen LogP contribution in [0.1, 0.15) is 17.5 Å². The van der Waals surface area contributed by atoms with Gasteiger partial charge in [-0.25, -0.2) is 0 Å². The molecule has 16 heavy (non-hydrogen) atoms. The molecule has 0 atom stereocenters. The van der Waals surface area contributed by atoms with Crippen molar-refractivity contribution >= 4 is 22.5 Å². The maximum Gasteiger partial charge on any atom is 0.0525 e. The minimum atomic E-state index is 0.722. The van der Waals surface area contributed by atoms with Crippen molar-refractivity contribution in [1.29, 1.82) is 0 Å². The van der Waals surface area contributed by atoms with Gasteiger partial charge in [-0.05, 0) is 43.5 Å². The first kappa shape index (κ1) is 11.5. The van der Waals surface area contributed by atoms with Gasteiger partial charge in [0.1, 0.15) is 0 Å².